The Kier molecular flexibility index (Phi) is 5.05. The highest BCUT2D eigenvalue weighted by molar-refractivity contribution is 6.31. The van der Waals surface area contributed by atoms with Crippen molar-refractivity contribution in [3.63, 3.8) is 0 Å². The number of nitrogens with two attached hydrogens (primary N) is 1. The van der Waals surface area contributed by atoms with E-state index >= 15 is 0 Å². The van der Waals surface area contributed by atoms with Crippen molar-refractivity contribution in [2.75, 3.05) is 0 Å². The number of primary amides is 1. The quantitative estimate of drug-likeness (QED) is 0.590. The smallest absolute Gasteiger partial charge is 0.237 e. The van der Waals surface area contributed by atoms with Crippen LogP contribution in [0.2, 0.25) is 15.1 Å². The molecule has 0 aliphatic heterocycles. The van der Waals surface area contributed by atoms with Gasteiger partial charge in [0.2, 0.25) is 5.91 Å². The van der Waals surface area contributed by atoms with Crippen molar-refractivity contribution in [3.05, 3.63) is 105 Å². The van der Waals surface area contributed by atoms with Crippen LogP contribution < -0.4 is 5.73 Å². The summed E-state index contributed by atoms with van der Waals surface area (Å²) in [6, 6.07) is 21.2. The van der Waals surface area contributed by atoms with Gasteiger partial charge < -0.3 is 5.73 Å². The second kappa shape index (κ2) is 7.09. The highest BCUT2D eigenvalue weighted by atomic mass is 35.5. The summed E-state index contributed by atoms with van der Waals surface area (Å²) in [7, 11) is 0. The van der Waals surface area contributed by atoms with Crippen LogP contribution in [0.25, 0.3) is 0 Å². The summed E-state index contributed by atoms with van der Waals surface area (Å²) in [6.45, 7) is 0. The average molecular weight is 391 g/mol. The Morgan fingerprint density at radius 2 is 0.840 bits per heavy atom. The number of carbonyl (C=O) groups is 1. The second-order valence-corrected chi connectivity index (χ2v) is 6.94. The molecule has 0 aromatic heterocycles. The molecule has 5 heteroatoms. The van der Waals surface area contributed by atoms with E-state index < -0.39 is 11.3 Å². The topological polar surface area (TPSA) is 43.1 Å². The van der Waals surface area contributed by atoms with Crippen LogP contribution >= 0.6 is 34.8 Å². The van der Waals surface area contributed by atoms with E-state index in [-0.39, 0.29) is 0 Å². The minimum Gasteiger partial charge on any atom is -0.368 e. The van der Waals surface area contributed by atoms with Crippen molar-refractivity contribution in [3.8, 4) is 0 Å². The van der Waals surface area contributed by atoms with Crippen molar-refractivity contribution in [1.82, 2.24) is 0 Å². The van der Waals surface area contributed by atoms with Crippen molar-refractivity contribution in [2.45, 2.75) is 5.41 Å². The third kappa shape index (κ3) is 3.25. The molecular formula is C20H14Cl3NO. The lowest BCUT2D eigenvalue weighted by atomic mass is 9.69. The predicted octanol–water partition coefficient (Wildman–Crippen LogP) is 5.47. The van der Waals surface area contributed by atoms with Gasteiger partial charge in [-0.1, -0.05) is 71.2 Å². The number of amides is 1. The standard InChI is InChI=1S/C20H14Cl3NO/c21-16-7-1-13(2-8-16)20(19(24)25,14-3-9-17(22)10-4-14)15-5-11-18(23)12-6-15/h1-12H,(H2,24,25). The molecule has 3 rings (SSSR count). The maximum atomic E-state index is 12.8. The van der Waals surface area contributed by atoms with E-state index in [1.54, 1.807) is 72.8 Å². The van der Waals surface area contributed by atoms with E-state index in [4.69, 9.17) is 40.5 Å². The maximum absolute atomic E-state index is 12.8. The maximum Gasteiger partial charge on any atom is 0.237 e. The minimum atomic E-state index is -1.18. The molecule has 0 aliphatic rings. The second-order valence-electron chi connectivity index (χ2n) is 5.63. The molecule has 2 N–H and O–H groups in total. The Morgan fingerprint density at radius 1 is 0.600 bits per heavy atom. The molecule has 1 amide bonds. The molecule has 25 heavy (non-hydrogen) atoms. The summed E-state index contributed by atoms with van der Waals surface area (Å²) >= 11 is 18.1. The molecule has 0 unspecified atom stereocenters. The van der Waals surface area contributed by atoms with Gasteiger partial charge in [-0.15, -0.1) is 0 Å². The Bertz CT molecular complexity index is 777. The summed E-state index contributed by atoms with van der Waals surface area (Å²) in [6.07, 6.45) is 0. The molecule has 0 spiro atoms. The zero-order valence-electron chi connectivity index (χ0n) is 13.0. The summed E-state index contributed by atoms with van der Waals surface area (Å²) < 4.78 is 0. The fraction of sp³-hybridized carbons (Fsp3) is 0.0500. The highest BCUT2D eigenvalue weighted by Crippen LogP contribution is 2.40. The van der Waals surface area contributed by atoms with Gasteiger partial charge in [0.05, 0.1) is 0 Å². The van der Waals surface area contributed by atoms with Crippen molar-refractivity contribution < 1.29 is 4.79 Å². The fourth-order valence-corrected chi connectivity index (χ4v) is 3.40. The first kappa shape index (κ1) is 17.8. The molecule has 0 saturated heterocycles. The number of rotatable bonds is 4. The van der Waals surface area contributed by atoms with E-state index in [2.05, 4.69) is 0 Å². The van der Waals surface area contributed by atoms with Crippen LogP contribution in [0.5, 0.6) is 0 Å². The predicted molar refractivity (Wildman–Crippen MR) is 103 cm³/mol. The molecule has 0 aliphatic carbocycles. The molecule has 0 fully saturated rings. The summed E-state index contributed by atoms with van der Waals surface area (Å²) in [4.78, 5) is 12.8. The molecular weight excluding hydrogens is 377 g/mol. The number of carbonyl (C=O) groups excluding carboxylic acids is 1. The molecule has 3 aromatic carbocycles. The molecule has 2 nitrogen and oxygen atoms in total. The largest absolute Gasteiger partial charge is 0.368 e. The zero-order chi connectivity index (χ0) is 18.0. The number of halogens is 3. The van der Waals surface area contributed by atoms with Crippen LogP contribution in [-0.4, -0.2) is 5.91 Å². The lowest BCUT2D eigenvalue weighted by molar-refractivity contribution is -0.120. The van der Waals surface area contributed by atoms with Crippen molar-refractivity contribution in [1.29, 1.82) is 0 Å². The number of benzene rings is 3. The third-order valence-electron chi connectivity index (χ3n) is 4.20. The molecule has 0 saturated carbocycles. The monoisotopic (exact) mass is 389 g/mol. The lowest BCUT2D eigenvalue weighted by Crippen LogP contribution is -2.43. The Hall–Kier alpha value is -2.00. The van der Waals surface area contributed by atoms with E-state index in [0.717, 1.165) is 0 Å². The zero-order valence-corrected chi connectivity index (χ0v) is 15.3. The SMILES string of the molecule is NC(=O)C(c1ccc(Cl)cc1)(c1ccc(Cl)cc1)c1ccc(Cl)cc1. The number of hydrogen-bond acceptors (Lipinski definition) is 1. The van der Waals surface area contributed by atoms with E-state index in [9.17, 15) is 4.79 Å². The summed E-state index contributed by atoms with van der Waals surface area (Å²) in [5.41, 5.74) is 6.91. The van der Waals surface area contributed by atoms with Gasteiger partial charge in [0, 0.05) is 15.1 Å². The third-order valence-corrected chi connectivity index (χ3v) is 4.96. The average Bonchev–Trinajstić information content (AvgIpc) is 2.60. The van der Waals surface area contributed by atoms with Crippen LogP contribution in [0.1, 0.15) is 16.7 Å². The first-order valence-electron chi connectivity index (χ1n) is 7.52. The molecule has 0 bridgehead atoms. The van der Waals surface area contributed by atoms with Gasteiger partial charge in [0.15, 0.2) is 0 Å². The van der Waals surface area contributed by atoms with Crippen molar-refractivity contribution >= 4 is 40.7 Å². The normalized spacial score (nSPS) is 11.3. The van der Waals surface area contributed by atoms with Crippen LogP contribution in [0, 0.1) is 0 Å². The van der Waals surface area contributed by atoms with E-state index in [0.29, 0.717) is 31.8 Å². The van der Waals surface area contributed by atoms with Gasteiger partial charge in [-0.2, -0.15) is 0 Å². The first-order valence-corrected chi connectivity index (χ1v) is 8.66. The van der Waals surface area contributed by atoms with Crippen LogP contribution in [0.15, 0.2) is 72.8 Å². The number of hydrogen-bond donors (Lipinski definition) is 1. The first-order chi connectivity index (χ1) is 11.9. The fourth-order valence-electron chi connectivity index (χ4n) is 3.03. The van der Waals surface area contributed by atoms with Gasteiger partial charge in [0.25, 0.3) is 0 Å². The molecule has 0 heterocycles. The van der Waals surface area contributed by atoms with Crippen LogP contribution in [0.4, 0.5) is 0 Å². The Balaban J connectivity index is 2.35. The lowest BCUT2D eigenvalue weighted by Gasteiger charge is -2.32. The van der Waals surface area contributed by atoms with Crippen LogP contribution in [-0.2, 0) is 10.2 Å². The highest BCUT2D eigenvalue weighted by Gasteiger charge is 2.42. The molecule has 0 radical (unpaired) electrons. The van der Waals surface area contributed by atoms with Gasteiger partial charge in [-0.3, -0.25) is 4.79 Å². The van der Waals surface area contributed by atoms with E-state index in [1.165, 1.54) is 0 Å². The van der Waals surface area contributed by atoms with E-state index in [1.807, 2.05) is 0 Å². The summed E-state index contributed by atoms with van der Waals surface area (Å²) in [5.74, 6) is -0.500. The Morgan fingerprint density at radius 3 is 1.04 bits per heavy atom. The molecule has 3 aromatic rings. The van der Waals surface area contributed by atoms with Crippen molar-refractivity contribution in [2.24, 2.45) is 5.73 Å². The summed E-state index contributed by atoms with van der Waals surface area (Å²) in [5, 5.41) is 1.73. The Labute approximate surface area is 161 Å². The van der Waals surface area contributed by atoms with Gasteiger partial charge in [-0.25, -0.2) is 0 Å². The molecule has 0 atom stereocenters. The van der Waals surface area contributed by atoms with Crippen LogP contribution in [0.3, 0.4) is 0 Å². The van der Waals surface area contributed by atoms with Gasteiger partial charge in [0.1, 0.15) is 5.41 Å². The molecule has 126 valence electrons. The van der Waals surface area contributed by atoms with Gasteiger partial charge >= 0.3 is 0 Å². The van der Waals surface area contributed by atoms with Gasteiger partial charge in [-0.05, 0) is 53.1 Å². The minimum absolute atomic E-state index is 0.500.